The lowest BCUT2D eigenvalue weighted by molar-refractivity contribution is 0.0944. The average Bonchev–Trinajstić information content (AvgIpc) is 3.42. The van der Waals surface area contributed by atoms with E-state index in [-0.39, 0.29) is 11.4 Å². The Morgan fingerprint density at radius 3 is 2.64 bits per heavy atom. The van der Waals surface area contributed by atoms with Crippen molar-refractivity contribution in [1.29, 1.82) is 0 Å². The number of nitrogens with zero attached hydrogens (tertiary/aromatic N) is 6. The van der Waals surface area contributed by atoms with Gasteiger partial charge in [0.2, 0.25) is 5.95 Å². The van der Waals surface area contributed by atoms with Crippen LogP contribution in [-0.4, -0.2) is 35.4 Å². The molecule has 0 radical (unpaired) electrons. The number of hydrogen-bond donors (Lipinski definition) is 2. The maximum absolute atomic E-state index is 12.5. The van der Waals surface area contributed by atoms with Gasteiger partial charge in [0.1, 0.15) is 5.69 Å². The number of hydrogen-bond acceptors (Lipinski definition) is 6. The molecule has 0 aliphatic carbocycles. The zero-order valence-electron chi connectivity index (χ0n) is 19.5. The van der Waals surface area contributed by atoms with Crippen molar-refractivity contribution in [1.82, 2.24) is 34.8 Å². The quantitative estimate of drug-likeness (QED) is 0.469. The highest BCUT2D eigenvalue weighted by Gasteiger charge is 2.17. The number of anilines is 2. The highest BCUT2D eigenvalue weighted by Crippen LogP contribution is 2.22. The Balaban J connectivity index is 1.43. The van der Waals surface area contributed by atoms with E-state index in [1.54, 1.807) is 27.8 Å². The van der Waals surface area contributed by atoms with Crippen LogP contribution in [0.2, 0.25) is 0 Å². The monoisotopic (exact) mass is 444 g/mol. The molecule has 0 bridgehead atoms. The maximum Gasteiger partial charge on any atom is 0.272 e. The van der Waals surface area contributed by atoms with E-state index in [1.165, 1.54) is 0 Å². The van der Waals surface area contributed by atoms with Crippen LogP contribution in [0.3, 0.4) is 0 Å². The van der Waals surface area contributed by atoms with Crippen LogP contribution in [0.4, 0.5) is 11.6 Å². The average molecular weight is 445 g/mol. The first kappa shape index (κ1) is 22.2. The normalized spacial score (nSPS) is 11.4. The summed E-state index contributed by atoms with van der Waals surface area (Å²) in [6, 6.07) is 9.68. The summed E-state index contributed by atoms with van der Waals surface area (Å²) >= 11 is 0. The summed E-state index contributed by atoms with van der Waals surface area (Å²) in [5.41, 5.74) is 4.95. The van der Waals surface area contributed by atoms with E-state index < -0.39 is 0 Å². The molecule has 4 rings (SSSR count). The predicted octanol–water partition coefficient (Wildman–Crippen LogP) is 3.81. The van der Waals surface area contributed by atoms with Gasteiger partial charge in [-0.05, 0) is 57.0 Å². The van der Waals surface area contributed by atoms with Crippen LogP contribution in [-0.2, 0) is 19.1 Å². The maximum atomic E-state index is 12.5. The molecule has 33 heavy (non-hydrogen) atoms. The summed E-state index contributed by atoms with van der Waals surface area (Å²) in [6.45, 7) is 8.58. The number of nitrogens with one attached hydrogen (secondary N) is 2. The standard InChI is InChI=1S/C24H28N8O/c1-16-12-17(20-8-10-25-23(29-20)28-19-14-27-31(5)15-19)6-7-18(16)13-26-22(33)21-9-11-32(30-21)24(2,3)4/h6-12,14-15H,13H2,1-5H3,(H,26,33)(H,25,28,29). The van der Waals surface area contributed by atoms with Crippen LogP contribution in [0.5, 0.6) is 0 Å². The second kappa shape index (κ2) is 8.85. The summed E-state index contributed by atoms with van der Waals surface area (Å²) < 4.78 is 3.50. The van der Waals surface area contributed by atoms with Crippen LogP contribution >= 0.6 is 0 Å². The Hall–Kier alpha value is -4.01. The second-order valence-corrected chi connectivity index (χ2v) is 8.93. The number of benzene rings is 1. The molecular weight excluding hydrogens is 416 g/mol. The van der Waals surface area contributed by atoms with Crippen LogP contribution in [0, 0.1) is 6.92 Å². The number of amides is 1. The van der Waals surface area contributed by atoms with Gasteiger partial charge in [0.05, 0.1) is 23.1 Å². The smallest absolute Gasteiger partial charge is 0.272 e. The van der Waals surface area contributed by atoms with Crippen molar-refractivity contribution in [3.63, 3.8) is 0 Å². The van der Waals surface area contributed by atoms with Crippen molar-refractivity contribution in [2.75, 3.05) is 5.32 Å². The van der Waals surface area contributed by atoms with Crippen LogP contribution in [0.25, 0.3) is 11.3 Å². The summed E-state index contributed by atoms with van der Waals surface area (Å²) in [7, 11) is 1.85. The number of carbonyl (C=O) groups is 1. The lowest BCUT2D eigenvalue weighted by Gasteiger charge is -2.18. The topological polar surface area (TPSA) is 103 Å². The Morgan fingerprint density at radius 1 is 1.15 bits per heavy atom. The molecule has 2 N–H and O–H groups in total. The first-order valence-electron chi connectivity index (χ1n) is 10.7. The van der Waals surface area contributed by atoms with Gasteiger partial charge in [0, 0.05) is 37.7 Å². The third-order valence-electron chi connectivity index (χ3n) is 5.20. The fraction of sp³-hybridized carbons (Fsp3) is 0.292. The van der Waals surface area contributed by atoms with Gasteiger partial charge in [-0.25, -0.2) is 9.97 Å². The molecule has 1 aromatic carbocycles. The third kappa shape index (κ3) is 5.25. The molecule has 0 aliphatic heterocycles. The molecule has 3 heterocycles. The lowest BCUT2D eigenvalue weighted by atomic mass is 10.0. The molecule has 0 spiro atoms. The highest BCUT2D eigenvalue weighted by molar-refractivity contribution is 5.92. The zero-order chi connectivity index (χ0) is 23.6. The summed E-state index contributed by atoms with van der Waals surface area (Å²) in [4.78, 5) is 21.4. The first-order chi connectivity index (χ1) is 15.7. The largest absolute Gasteiger partial charge is 0.347 e. The Labute approximate surface area is 192 Å². The van der Waals surface area contributed by atoms with E-state index in [0.29, 0.717) is 18.2 Å². The van der Waals surface area contributed by atoms with Crippen molar-refractivity contribution in [3.05, 3.63) is 71.9 Å². The Morgan fingerprint density at radius 2 is 1.97 bits per heavy atom. The molecule has 4 aromatic rings. The minimum Gasteiger partial charge on any atom is -0.347 e. The number of aryl methyl sites for hydroxylation is 2. The van der Waals surface area contributed by atoms with Gasteiger partial charge in [0.25, 0.3) is 5.91 Å². The van der Waals surface area contributed by atoms with E-state index in [2.05, 4.69) is 36.9 Å². The lowest BCUT2D eigenvalue weighted by Crippen LogP contribution is -2.26. The van der Waals surface area contributed by atoms with Crippen molar-refractivity contribution in [3.8, 4) is 11.3 Å². The van der Waals surface area contributed by atoms with Crippen molar-refractivity contribution >= 4 is 17.5 Å². The molecule has 9 heteroatoms. The molecule has 1 amide bonds. The number of rotatable bonds is 6. The molecule has 0 fully saturated rings. The summed E-state index contributed by atoms with van der Waals surface area (Å²) in [6.07, 6.45) is 7.13. The fourth-order valence-electron chi connectivity index (χ4n) is 3.33. The van der Waals surface area contributed by atoms with Gasteiger partial charge in [-0.2, -0.15) is 10.2 Å². The fourth-order valence-corrected chi connectivity index (χ4v) is 3.33. The van der Waals surface area contributed by atoms with E-state index >= 15 is 0 Å². The predicted molar refractivity (Wildman–Crippen MR) is 127 cm³/mol. The molecular formula is C24H28N8O. The van der Waals surface area contributed by atoms with Gasteiger partial charge >= 0.3 is 0 Å². The zero-order valence-corrected chi connectivity index (χ0v) is 19.5. The molecule has 0 unspecified atom stereocenters. The second-order valence-electron chi connectivity index (χ2n) is 8.93. The summed E-state index contributed by atoms with van der Waals surface area (Å²) in [5.74, 6) is 0.313. The van der Waals surface area contributed by atoms with E-state index in [0.717, 1.165) is 28.1 Å². The van der Waals surface area contributed by atoms with Gasteiger partial charge in [0.15, 0.2) is 0 Å². The number of carbonyl (C=O) groups excluding carboxylic acids is 1. The minimum atomic E-state index is -0.191. The summed E-state index contributed by atoms with van der Waals surface area (Å²) in [5, 5.41) is 14.6. The Kier molecular flexibility index (Phi) is 5.95. The molecule has 0 saturated carbocycles. The number of aromatic nitrogens is 6. The van der Waals surface area contributed by atoms with E-state index in [4.69, 9.17) is 0 Å². The third-order valence-corrected chi connectivity index (χ3v) is 5.20. The SMILES string of the molecule is Cc1cc(-c2ccnc(Nc3cnn(C)c3)n2)ccc1CNC(=O)c1ccn(C(C)(C)C)n1. The minimum absolute atomic E-state index is 0.167. The van der Waals surface area contributed by atoms with Crippen molar-refractivity contribution in [2.45, 2.75) is 39.8 Å². The highest BCUT2D eigenvalue weighted by atomic mass is 16.1. The molecule has 0 saturated heterocycles. The van der Waals surface area contributed by atoms with E-state index in [1.807, 2.05) is 65.3 Å². The molecule has 0 aliphatic rings. The molecule has 9 nitrogen and oxygen atoms in total. The molecule has 3 aromatic heterocycles. The van der Waals surface area contributed by atoms with Gasteiger partial charge in [-0.15, -0.1) is 0 Å². The Bertz CT molecular complexity index is 1280. The van der Waals surface area contributed by atoms with E-state index in [9.17, 15) is 4.79 Å². The van der Waals surface area contributed by atoms with Gasteiger partial charge < -0.3 is 10.6 Å². The molecule has 170 valence electrons. The van der Waals surface area contributed by atoms with Gasteiger partial charge in [-0.1, -0.05) is 12.1 Å². The van der Waals surface area contributed by atoms with Crippen molar-refractivity contribution < 1.29 is 4.79 Å². The molecule has 0 atom stereocenters. The first-order valence-corrected chi connectivity index (χ1v) is 10.7. The van der Waals surface area contributed by atoms with Crippen LogP contribution in [0.1, 0.15) is 42.4 Å². The van der Waals surface area contributed by atoms with Gasteiger partial charge in [-0.3, -0.25) is 14.2 Å². The van der Waals surface area contributed by atoms with Crippen LogP contribution in [0.15, 0.2) is 55.1 Å². The van der Waals surface area contributed by atoms with Crippen molar-refractivity contribution in [2.24, 2.45) is 7.05 Å². The van der Waals surface area contributed by atoms with Crippen LogP contribution < -0.4 is 10.6 Å².